The Morgan fingerprint density at radius 1 is 0.468 bits per heavy atom. The van der Waals surface area contributed by atoms with Gasteiger partial charge in [0, 0.05) is 238 Å². The molecule has 0 bridgehead atoms. The summed E-state index contributed by atoms with van der Waals surface area (Å²) < 4.78 is 20.5. The van der Waals surface area contributed by atoms with Gasteiger partial charge in [0.2, 0.25) is 11.4 Å². The van der Waals surface area contributed by atoms with Gasteiger partial charge in [-0.2, -0.15) is 11.8 Å². The summed E-state index contributed by atoms with van der Waals surface area (Å²) in [5.41, 5.74) is 2.35. The van der Waals surface area contributed by atoms with Crippen LogP contribution >= 0.6 is 11.8 Å². The number of allylic oxidation sites excluding steroid dienone is 2. The highest BCUT2D eigenvalue weighted by atomic mass is 32.2. The topological polar surface area (TPSA) is 188 Å². The minimum absolute atomic E-state index is 0.105. The summed E-state index contributed by atoms with van der Waals surface area (Å²) in [5.74, 6) is 0.800. The van der Waals surface area contributed by atoms with Crippen molar-refractivity contribution >= 4 is 35.6 Å². The van der Waals surface area contributed by atoms with Crippen molar-refractivity contribution < 1.29 is 38.1 Å². The second-order valence-electron chi connectivity index (χ2n) is 45.8. The summed E-state index contributed by atoms with van der Waals surface area (Å²) >= 11 is 1.68. The van der Waals surface area contributed by atoms with Crippen LogP contribution in [0.5, 0.6) is 0 Å². The molecule has 8 aliphatic heterocycles. The monoisotopic (exact) mass is 1800 g/mol. The van der Waals surface area contributed by atoms with Crippen molar-refractivity contribution in [1.29, 1.82) is 0 Å². The summed E-state index contributed by atoms with van der Waals surface area (Å²) in [5, 5.41) is 10.1. The number of likely N-dealkylation sites (N-methyl/N-ethyl adjacent to an activating group) is 4. The first-order valence-electron chi connectivity index (χ1n) is 48.7. The van der Waals surface area contributed by atoms with E-state index >= 15 is 0 Å². The molecule has 0 aromatic rings. The first-order valence-corrected chi connectivity index (χ1v) is 50.1. The number of ether oxygens (including phenoxy) is 4. The Morgan fingerprint density at radius 3 is 1.30 bits per heavy atom. The smallest absolute Gasteiger partial charge is 0.320 e. The van der Waals surface area contributed by atoms with E-state index in [4.69, 9.17) is 25.5 Å². The average molecular weight is 1800 g/mol. The van der Waals surface area contributed by atoms with Crippen LogP contribution in [0.2, 0.25) is 0 Å². The molecule has 0 aromatic heterocycles. The van der Waals surface area contributed by atoms with Crippen LogP contribution in [-0.2, 0) is 33.3 Å². The summed E-state index contributed by atoms with van der Waals surface area (Å²) in [6, 6.07) is 2.00. The molecule has 25 nitrogen and oxygen atoms in total. The maximum atomic E-state index is 12.4. The van der Waals surface area contributed by atoms with Crippen molar-refractivity contribution in [3.05, 3.63) is 35.7 Å². The lowest BCUT2D eigenvalue weighted by molar-refractivity contribution is -0.145. The molecule has 8 heterocycles. The molecule has 0 aromatic carbocycles. The van der Waals surface area contributed by atoms with Gasteiger partial charge in [0.25, 0.3) is 0 Å². The minimum atomic E-state index is -0.263. The van der Waals surface area contributed by atoms with Crippen molar-refractivity contribution in [2.45, 2.75) is 291 Å². The number of carbonyl (C=O) groups is 4. The normalized spacial score (nSPS) is 20.1. The van der Waals surface area contributed by atoms with Crippen LogP contribution < -0.4 is 16.0 Å². The Labute approximate surface area is 780 Å². The summed E-state index contributed by atoms with van der Waals surface area (Å²) in [4.78, 5) is 79.9. The third-order valence-electron chi connectivity index (χ3n) is 24.1. The number of thioether (sulfide) groups is 1. The zero-order valence-corrected chi connectivity index (χ0v) is 88.8. The van der Waals surface area contributed by atoms with Crippen molar-refractivity contribution in [2.24, 2.45) is 21.7 Å². The minimum Gasteiger partial charge on any atom is -0.465 e. The molecule has 0 radical (unpaired) electrons. The number of piperidine rings is 2. The largest absolute Gasteiger partial charge is 0.465 e. The number of amides is 3. The molecule has 0 unspecified atom stereocenters. The molecule has 0 spiro atoms. The lowest BCUT2D eigenvalue weighted by Crippen LogP contribution is -2.58. The van der Waals surface area contributed by atoms with E-state index in [0.29, 0.717) is 78.2 Å². The lowest BCUT2D eigenvalue weighted by atomic mass is 9.92. The summed E-state index contributed by atoms with van der Waals surface area (Å²) in [7, 11) is 10.0. The number of urea groups is 1. The number of rotatable bonds is 25. The molecule has 0 saturated carbocycles. The molecule has 8 saturated heterocycles. The number of morpholine rings is 1. The second-order valence-corrected chi connectivity index (χ2v) is 46.8. The zero-order valence-electron chi connectivity index (χ0n) is 88.0. The fraction of sp³-hybridized carbons (Fsp3) is 0.910. The summed E-state index contributed by atoms with van der Waals surface area (Å²) in [6.07, 6.45) is 21.8. The standard InChI is InChI=1S/C14H28N4O.C14H29N3O.C14H27N3.C13H26N2.C12H24N2O2.C12H23NO.C11H23NO2S.C10H21NO/c1-14(2,3)18-11-9-17(10-12-18)13(19)16-7-5-15(4)6-8-16;1-14(2,3)17-9-7-12(8-10-17)16(6)11-13(18)15(4)5;1-13(2,3)17-9-7-12(8-10-17)16-11-14(4,5)15-6;1-13(2,3)7-5-6-8-15-11-9-14(4)10-12-15;1-5-16-11(15)10-13-6-8-14(9-7-13)12(2,3)4;1-12(2,3)6-4-5-7-13-8-10-14-11-9-13;1-11(2,3)5-6-12-9-10(13)14-7-8-15-4;1-10(2,3)5-6-11-9-4-7-12-8-9/h5-12H2,1-4H3;12H,7-11H2,1-6H3;12,16H,7-11H2,1-5H3;5-6H,7-12H2,1-4H3;5-10H2,1-4H3;4-5H,6-11H2,1-3H3;12H,5-9H2,1-4H3;9,11H,4-8H2,1-3H3/b;;;6-5+;;5-4+;;/t;;;;;;;9-/m.......0/s1. The Kier molecular flexibility index (Phi) is 58.6. The van der Waals surface area contributed by atoms with E-state index < -0.39 is 0 Å². The van der Waals surface area contributed by atoms with Gasteiger partial charge in [-0.15, -0.1) is 0 Å². The maximum absolute atomic E-state index is 12.4. The van der Waals surface area contributed by atoms with E-state index in [-0.39, 0.29) is 46.0 Å². The van der Waals surface area contributed by atoms with E-state index in [1.54, 1.807) is 16.7 Å². The second kappa shape index (κ2) is 61.3. The first kappa shape index (κ1) is 120. The van der Waals surface area contributed by atoms with Gasteiger partial charge in [0.05, 0.1) is 52.6 Å². The Morgan fingerprint density at radius 2 is 0.889 bits per heavy atom. The summed E-state index contributed by atoms with van der Waals surface area (Å²) in [6.45, 7) is 101. The Balaban J connectivity index is 0.000000722. The number of nitrogens with zero attached hydrogens (tertiary/aromatic N) is 14. The van der Waals surface area contributed by atoms with Crippen LogP contribution in [0.25, 0.3) is 4.85 Å². The van der Waals surface area contributed by atoms with E-state index in [1.165, 1.54) is 71.4 Å². The molecule has 1 atom stereocenters. The molecule has 8 fully saturated rings. The van der Waals surface area contributed by atoms with E-state index in [9.17, 15) is 19.2 Å². The highest BCUT2D eigenvalue weighted by Gasteiger charge is 2.35. The van der Waals surface area contributed by atoms with Crippen LogP contribution in [0.3, 0.4) is 0 Å². The van der Waals surface area contributed by atoms with Gasteiger partial charge in [-0.3, -0.25) is 53.6 Å². The SMILES string of the molecule is CC(C)(C)C/C=C/CN1CCOCC1.CC(C)(C)CCN[C@H]1CCOC1.CCOC(=O)CN1CCN(C(C)(C)C)CC1.CN(C)C(=O)CN(C)C1CCN(C(C)(C)C)CC1.CN1CCN(C(=O)N2CCN(C(C)(C)C)CC2)CC1.CN1CCN(C/C=C/CC(C)(C)C)CC1.CSCCOC(=O)CNCCC(C)(C)C.[C-]#[N+]C(C)(C)CNC1CCN(C(C)(C)C)CC1. The van der Waals surface area contributed by atoms with Gasteiger partial charge in [0.1, 0.15) is 6.61 Å². The lowest BCUT2D eigenvalue weighted by Gasteiger charge is -2.44. The number of piperazine rings is 4. The fourth-order valence-corrected chi connectivity index (χ4v) is 15.1. The van der Waals surface area contributed by atoms with Gasteiger partial charge in [0.15, 0.2) is 0 Å². The molecule has 126 heavy (non-hydrogen) atoms. The van der Waals surface area contributed by atoms with Crippen LogP contribution in [-0.4, -0.2) is 417 Å². The predicted molar refractivity (Wildman–Crippen MR) is 536 cm³/mol. The highest BCUT2D eigenvalue weighted by Crippen LogP contribution is 2.26. The van der Waals surface area contributed by atoms with Crippen LogP contribution in [0.15, 0.2) is 24.3 Å². The molecular weight excluding hydrogens is 1600 g/mol. The van der Waals surface area contributed by atoms with Crippen LogP contribution in [0, 0.1) is 28.2 Å². The van der Waals surface area contributed by atoms with Gasteiger partial charge in [-0.1, -0.05) is 107 Å². The van der Waals surface area contributed by atoms with E-state index in [1.807, 2.05) is 50.9 Å². The van der Waals surface area contributed by atoms with Crippen LogP contribution in [0.1, 0.15) is 245 Å². The van der Waals surface area contributed by atoms with E-state index in [2.05, 4.69) is 281 Å². The fourth-order valence-electron chi connectivity index (χ4n) is 14.8. The molecular formula is C100H201N17O8S. The number of hydrogen-bond donors (Lipinski definition) is 3. The van der Waals surface area contributed by atoms with Crippen molar-refractivity contribution in [3.8, 4) is 0 Å². The average Bonchev–Trinajstić information content (AvgIpc) is 0.867. The van der Waals surface area contributed by atoms with Gasteiger partial charge in [-0.25, -0.2) is 11.4 Å². The quantitative estimate of drug-likeness (QED) is 0.0339. The van der Waals surface area contributed by atoms with Gasteiger partial charge in [-0.05, 0) is 210 Å². The number of carbonyl (C=O) groups excluding carboxylic acids is 4. The highest BCUT2D eigenvalue weighted by molar-refractivity contribution is 7.98. The van der Waals surface area contributed by atoms with Gasteiger partial charge < -0.3 is 64.2 Å². The van der Waals surface area contributed by atoms with E-state index in [0.717, 1.165) is 195 Å². The first-order chi connectivity index (χ1) is 58.3. The maximum Gasteiger partial charge on any atom is 0.320 e. The molecule has 3 N–H and O–H groups in total. The molecule has 26 heteroatoms. The molecule has 8 aliphatic rings. The molecule has 0 aliphatic carbocycles. The van der Waals surface area contributed by atoms with Crippen molar-refractivity contribution in [3.63, 3.8) is 0 Å². The number of nitrogens with one attached hydrogen (secondary N) is 3. The zero-order chi connectivity index (χ0) is 95.8. The third kappa shape index (κ3) is 61.3. The Bertz CT molecular complexity index is 2930. The van der Waals surface area contributed by atoms with Crippen LogP contribution in [0.4, 0.5) is 4.79 Å². The number of hydrogen-bond acceptors (Lipinski definition) is 22. The molecule has 8 rings (SSSR count). The van der Waals surface area contributed by atoms with Crippen molar-refractivity contribution in [1.82, 2.24) is 79.6 Å². The third-order valence-corrected chi connectivity index (χ3v) is 24.6. The Hall–Kier alpha value is -3.60. The number of likely N-dealkylation sites (tertiary alicyclic amines) is 2. The predicted octanol–water partition coefficient (Wildman–Crippen LogP) is 13.8. The molecule has 740 valence electrons. The van der Waals surface area contributed by atoms with Crippen molar-refractivity contribution in [2.75, 3.05) is 283 Å². The van der Waals surface area contributed by atoms with Gasteiger partial charge >= 0.3 is 18.0 Å². The number of esters is 2. The molecule has 3 amide bonds.